The van der Waals surface area contributed by atoms with Crippen LogP contribution in [0.25, 0.3) is 0 Å². The van der Waals surface area contributed by atoms with Crippen molar-refractivity contribution in [1.29, 1.82) is 0 Å². The minimum absolute atomic E-state index is 0.613. The van der Waals surface area contributed by atoms with Crippen LogP contribution in [0.1, 0.15) is 24.6 Å². The van der Waals surface area contributed by atoms with Gasteiger partial charge in [0.2, 0.25) is 0 Å². The number of aryl methyl sites for hydroxylation is 2. The zero-order valence-electron chi connectivity index (χ0n) is 11.3. The van der Waals surface area contributed by atoms with Gasteiger partial charge in [0, 0.05) is 24.8 Å². The maximum atomic E-state index is 5.80. The SMILES string of the molecule is CCn1nc(N)cc1CN1CCCc2ccccc21. The van der Waals surface area contributed by atoms with Crippen molar-refractivity contribution in [1.82, 2.24) is 9.78 Å². The Balaban J connectivity index is 1.88. The smallest absolute Gasteiger partial charge is 0.145 e. The summed E-state index contributed by atoms with van der Waals surface area (Å²) in [5.41, 5.74) is 9.80. The highest BCUT2D eigenvalue weighted by Crippen LogP contribution is 2.28. The molecule has 1 aliphatic rings. The van der Waals surface area contributed by atoms with E-state index in [9.17, 15) is 0 Å². The number of nitrogens with two attached hydrogens (primary N) is 1. The summed E-state index contributed by atoms with van der Waals surface area (Å²) < 4.78 is 1.99. The second-order valence-corrected chi connectivity index (χ2v) is 5.03. The van der Waals surface area contributed by atoms with E-state index in [1.165, 1.54) is 29.8 Å². The number of nitrogen functional groups attached to an aromatic ring is 1. The molecule has 100 valence electrons. The maximum absolute atomic E-state index is 5.80. The summed E-state index contributed by atoms with van der Waals surface area (Å²) in [6.07, 6.45) is 2.40. The lowest BCUT2D eigenvalue weighted by Gasteiger charge is -2.31. The largest absolute Gasteiger partial charge is 0.382 e. The minimum atomic E-state index is 0.613. The van der Waals surface area contributed by atoms with Gasteiger partial charge in [0.1, 0.15) is 5.82 Å². The highest BCUT2D eigenvalue weighted by molar-refractivity contribution is 5.55. The zero-order chi connectivity index (χ0) is 13.2. The molecule has 1 aromatic carbocycles. The van der Waals surface area contributed by atoms with E-state index in [0.717, 1.165) is 19.6 Å². The van der Waals surface area contributed by atoms with Gasteiger partial charge in [0.05, 0.1) is 12.2 Å². The predicted molar refractivity (Wildman–Crippen MR) is 78.1 cm³/mol. The van der Waals surface area contributed by atoms with Crippen LogP contribution < -0.4 is 10.6 Å². The highest BCUT2D eigenvalue weighted by Gasteiger charge is 2.18. The Bertz CT molecular complexity index is 573. The van der Waals surface area contributed by atoms with E-state index < -0.39 is 0 Å². The zero-order valence-corrected chi connectivity index (χ0v) is 11.3. The van der Waals surface area contributed by atoms with Crippen LogP contribution in [0.4, 0.5) is 11.5 Å². The Morgan fingerprint density at radius 2 is 2.16 bits per heavy atom. The lowest BCUT2D eigenvalue weighted by Crippen LogP contribution is -2.29. The molecule has 2 aromatic rings. The summed E-state index contributed by atoms with van der Waals surface area (Å²) in [4.78, 5) is 2.43. The van der Waals surface area contributed by atoms with E-state index in [4.69, 9.17) is 5.73 Å². The Morgan fingerprint density at radius 3 is 3.00 bits per heavy atom. The first kappa shape index (κ1) is 12.1. The number of benzene rings is 1. The fourth-order valence-corrected chi connectivity index (χ4v) is 2.85. The summed E-state index contributed by atoms with van der Waals surface area (Å²) >= 11 is 0. The van der Waals surface area contributed by atoms with Crippen LogP contribution in [0, 0.1) is 0 Å². The molecule has 0 saturated carbocycles. The number of anilines is 2. The van der Waals surface area contributed by atoms with Crippen molar-refractivity contribution in [3.63, 3.8) is 0 Å². The van der Waals surface area contributed by atoms with Crippen LogP contribution in [0.2, 0.25) is 0 Å². The Hall–Kier alpha value is -1.97. The number of hydrogen-bond donors (Lipinski definition) is 1. The van der Waals surface area contributed by atoms with Gasteiger partial charge in [-0.05, 0) is 31.4 Å². The van der Waals surface area contributed by atoms with Gasteiger partial charge in [-0.25, -0.2) is 0 Å². The van der Waals surface area contributed by atoms with E-state index in [1.54, 1.807) is 0 Å². The molecule has 2 heterocycles. The van der Waals surface area contributed by atoms with Crippen LogP contribution in [0.5, 0.6) is 0 Å². The molecule has 19 heavy (non-hydrogen) atoms. The predicted octanol–water partition coefficient (Wildman–Crippen LogP) is 2.44. The Kier molecular flexibility index (Phi) is 3.15. The maximum Gasteiger partial charge on any atom is 0.145 e. The number of hydrogen-bond acceptors (Lipinski definition) is 3. The van der Waals surface area contributed by atoms with E-state index in [0.29, 0.717) is 5.82 Å². The van der Waals surface area contributed by atoms with Crippen LogP contribution in [-0.2, 0) is 19.5 Å². The quantitative estimate of drug-likeness (QED) is 0.917. The molecule has 1 aromatic heterocycles. The number of para-hydroxylation sites is 1. The molecule has 4 heteroatoms. The van der Waals surface area contributed by atoms with Crippen molar-refractivity contribution < 1.29 is 0 Å². The van der Waals surface area contributed by atoms with Crippen molar-refractivity contribution in [2.45, 2.75) is 32.9 Å². The topological polar surface area (TPSA) is 47.1 Å². The second kappa shape index (κ2) is 4.96. The van der Waals surface area contributed by atoms with Crippen molar-refractivity contribution >= 4 is 11.5 Å². The number of fused-ring (bicyclic) bond motifs is 1. The van der Waals surface area contributed by atoms with Gasteiger partial charge < -0.3 is 10.6 Å². The first-order chi connectivity index (χ1) is 9.28. The van der Waals surface area contributed by atoms with Crippen molar-refractivity contribution in [3.8, 4) is 0 Å². The fourth-order valence-electron chi connectivity index (χ4n) is 2.85. The van der Waals surface area contributed by atoms with E-state index >= 15 is 0 Å². The van der Waals surface area contributed by atoms with Gasteiger partial charge in [-0.15, -0.1) is 0 Å². The molecule has 0 aliphatic carbocycles. The van der Waals surface area contributed by atoms with Crippen molar-refractivity contribution in [3.05, 3.63) is 41.6 Å². The van der Waals surface area contributed by atoms with E-state index in [2.05, 4.69) is 41.2 Å². The summed E-state index contributed by atoms with van der Waals surface area (Å²) in [6.45, 7) is 4.95. The first-order valence-corrected chi connectivity index (χ1v) is 6.93. The molecule has 0 atom stereocenters. The molecule has 3 rings (SSSR count). The average Bonchev–Trinajstić information content (AvgIpc) is 2.79. The Labute approximate surface area is 113 Å². The number of nitrogens with zero attached hydrogens (tertiary/aromatic N) is 3. The van der Waals surface area contributed by atoms with Gasteiger partial charge in [0.15, 0.2) is 0 Å². The van der Waals surface area contributed by atoms with Gasteiger partial charge >= 0.3 is 0 Å². The Morgan fingerprint density at radius 1 is 1.32 bits per heavy atom. The molecule has 0 amide bonds. The summed E-state index contributed by atoms with van der Waals surface area (Å²) in [5.74, 6) is 0.613. The minimum Gasteiger partial charge on any atom is -0.382 e. The third kappa shape index (κ3) is 2.30. The van der Waals surface area contributed by atoms with Crippen LogP contribution in [0.15, 0.2) is 30.3 Å². The summed E-state index contributed by atoms with van der Waals surface area (Å²) in [5, 5.41) is 4.32. The van der Waals surface area contributed by atoms with E-state index in [-0.39, 0.29) is 0 Å². The molecule has 0 saturated heterocycles. The highest BCUT2D eigenvalue weighted by atomic mass is 15.3. The molecular weight excluding hydrogens is 236 g/mol. The molecule has 0 bridgehead atoms. The normalized spacial score (nSPS) is 14.5. The lowest BCUT2D eigenvalue weighted by atomic mass is 10.0. The lowest BCUT2D eigenvalue weighted by molar-refractivity contribution is 0.599. The van der Waals surface area contributed by atoms with Crippen LogP contribution in [0.3, 0.4) is 0 Å². The summed E-state index contributed by atoms with van der Waals surface area (Å²) in [6, 6.07) is 10.7. The monoisotopic (exact) mass is 256 g/mol. The molecule has 4 nitrogen and oxygen atoms in total. The molecule has 0 unspecified atom stereocenters. The molecule has 0 fully saturated rings. The van der Waals surface area contributed by atoms with Crippen LogP contribution >= 0.6 is 0 Å². The molecule has 1 aliphatic heterocycles. The molecule has 2 N–H and O–H groups in total. The second-order valence-electron chi connectivity index (χ2n) is 5.03. The molecule has 0 radical (unpaired) electrons. The average molecular weight is 256 g/mol. The third-order valence-electron chi connectivity index (χ3n) is 3.74. The van der Waals surface area contributed by atoms with Crippen molar-refractivity contribution in [2.75, 3.05) is 17.2 Å². The summed E-state index contributed by atoms with van der Waals surface area (Å²) in [7, 11) is 0. The number of aromatic nitrogens is 2. The standard InChI is InChI=1S/C15H20N4/c1-2-19-13(10-15(16)17-19)11-18-9-5-7-12-6-3-4-8-14(12)18/h3-4,6,8,10H,2,5,7,9,11H2,1H3,(H2,16,17). The first-order valence-electron chi connectivity index (χ1n) is 6.93. The van der Waals surface area contributed by atoms with Gasteiger partial charge in [-0.1, -0.05) is 18.2 Å². The van der Waals surface area contributed by atoms with E-state index in [1.807, 2.05) is 10.7 Å². The van der Waals surface area contributed by atoms with Gasteiger partial charge in [0.25, 0.3) is 0 Å². The van der Waals surface area contributed by atoms with Crippen molar-refractivity contribution in [2.24, 2.45) is 0 Å². The van der Waals surface area contributed by atoms with Gasteiger partial charge in [-0.2, -0.15) is 5.10 Å². The van der Waals surface area contributed by atoms with Gasteiger partial charge in [-0.3, -0.25) is 4.68 Å². The van der Waals surface area contributed by atoms with Crippen LogP contribution in [-0.4, -0.2) is 16.3 Å². The molecular formula is C15H20N4. The molecule has 0 spiro atoms. The number of rotatable bonds is 3. The third-order valence-corrected chi connectivity index (χ3v) is 3.74. The fraction of sp³-hybridized carbons (Fsp3) is 0.400.